The molecule has 1 aromatic rings. The van der Waals surface area contributed by atoms with Crippen LogP contribution < -0.4 is 9.47 Å². The second-order valence-electron chi connectivity index (χ2n) is 5.18. The Morgan fingerprint density at radius 1 is 1.10 bits per heavy atom. The smallest absolute Gasteiger partial charge is 0.305 e. The van der Waals surface area contributed by atoms with E-state index in [1.165, 1.54) is 7.11 Å². The molecule has 0 N–H and O–H groups in total. The highest BCUT2D eigenvalue weighted by Crippen LogP contribution is 2.27. The minimum absolute atomic E-state index is 0.0705. The normalized spacial score (nSPS) is 10.8. The largest absolute Gasteiger partial charge is 0.491 e. The average Bonchev–Trinajstić information content (AvgIpc) is 2.36. The fraction of sp³-hybridized carbons (Fsp3) is 0.562. The third-order valence-corrected chi connectivity index (χ3v) is 2.60. The van der Waals surface area contributed by atoms with Crippen molar-refractivity contribution in [3.05, 3.63) is 23.8 Å². The monoisotopic (exact) mass is 280 g/mol. The number of rotatable bonds is 7. The van der Waals surface area contributed by atoms with Gasteiger partial charge in [0.05, 0.1) is 19.3 Å². The van der Waals surface area contributed by atoms with Crippen LogP contribution in [0, 0.1) is 0 Å². The second-order valence-corrected chi connectivity index (χ2v) is 5.18. The Kier molecular flexibility index (Phi) is 6.36. The standard InChI is InChI=1S/C16H24O4/c1-11(2)19-14-8-6-13(7-9-16(17)18-5)15(10-14)20-12(3)4/h6,8,10-12H,7,9H2,1-5H3. The Morgan fingerprint density at radius 3 is 2.30 bits per heavy atom. The highest BCUT2D eigenvalue weighted by atomic mass is 16.5. The molecule has 0 aliphatic rings. The van der Waals surface area contributed by atoms with E-state index in [2.05, 4.69) is 4.74 Å². The minimum atomic E-state index is -0.219. The molecule has 0 radical (unpaired) electrons. The molecule has 0 aliphatic carbocycles. The van der Waals surface area contributed by atoms with E-state index in [1.807, 2.05) is 45.9 Å². The van der Waals surface area contributed by atoms with Gasteiger partial charge in [0.1, 0.15) is 11.5 Å². The van der Waals surface area contributed by atoms with Crippen molar-refractivity contribution < 1.29 is 19.0 Å². The molecule has 0 bridgehead atoms. The zero-order valence-electron chi connectivity index (χ0n) is 12.9. The van der Waals surface area contributed by atoms with Gasteiger partial charge in [0.25, 0.3) is 0 Å². The Labute approximate surface area is 121 Å². The second kappa shape index (κ2) is 7.78. The van der Waals surface area contributed by atoms with E-state index in [-0.39, 0.29) is 18.2 Å². The lowest BCUT2D eigenvalue weighted by molar-refractivity contribution is -0.140. The molecule has 20 heavy (non-hydrogen) atoms. The first-order chi connectivity index (χ1) is 9.42. The summed E-state index contributed by atoms with van der Waals surface area (Å²) >= 11 is 0. The lowest BCUT2D eigenvalue weighted by Crippen LogP contribution is -2.10. The summed E-state index contributed by atoms with van der Waals surface area (Å²) in [6, 6.07) is 5.73. The third-order valence-electron chi connectivity index (χ3n) is 2.60. The molecular formula is C16H24O4. The van der Waals surface area contributed by atoms with Crippen LogP contribution in [0.4, 0.5) is 0 Å². The summed E-state index contributed by atoms with van der Waals surface area (Å²) in [5.41, 5.74) is 0.986. The van der Waals surface area contributed by atoms with Crippen LogP contribution in [0.5, 0.6) is 11.5 Å². The molecule has 0 fully saturated rings. The summed E-state index contributed by atoms with van der Waals surface area (Å²) < 4.78 is 16.1. The molecule has 0 aliphatic heterocycles. The number of methoxy groups -OCH3 is 1. The Balaban J connectivity index is 2.88. The van der Waals surface area contributed by atoms with Crippen molar-refractivity contribution in [2.24, 2.45) is 0 Å². The number of ether oxygens (including phenoxy) is 3. The molecule has 0 atom stereocenters. The summed E-state index contributed by atoms with van der Waals surface area (Å²) in [5.74, 6) is 1.32. The maximum atomic E-state index is 11.2. The molecular weight excluding hydrogens is 256 g/mol. The zero-order valence-corrected chi connectivity index (χ0v) is 12.9. The molecule has 0 saturated heterocycles. The van der Waals surface area contributed by atoms with Crippen LogP contribution in [0.25, 0.3) is 0 Å². The van der Waals surface area contributed by atoms with Crippen molar-refractivity contribution in [2.45, 2.75) is 52.7 Å². The highest BCUT2D eigenvalue weighted by molar-refractivity contribution is 5.69. The minimum Gasteiger partial charge on any atom is -0.491 e. The molecule has 0 unspecified atom stereocenters. The van der Waals surface area contributed by atoms with Gasteiger partial charge in [-0.1, -0.05) is 6.07 Å². The van der Waals surface area contributed by atoms with Gasteiger partial charge in [-0.05, 0) is 45.7 Å². The van der Waals surface area contributed by atoms with E-state index in [1.54, 1.807) is 0 Å². The molecule has 0 heterocycles. The van der Waals surface area contributed by atoms with E-state index in [0.717, 1.165) is 17.1 Å². The maximum Gasteiger partial charge on any atom is 0.305 e. The lowest BCUT2D eigenvalue weighted by atomic mass is 10.1. The van der Waals surface area contributed by atoms with Crippen molar-refractivity contribution in [2.75, 3.05) is 7.11 Å². The molecule has 0 saturated carbocycles. The number of benzene rings is 1. The number of carbonyl (C=O) groups is 1. The first kappa shape index (κ1) is 16.3. The van der Waals surface area contributed by atoms with Gasteiger partial charge >= 0.3 is 5.97 Å². The molecule has 4 heteroatoms. The summed E-state index contributed by atoms with van der Waals surface area (Å²) in [6.45, 7) is 7.91. The molecule has 0 amide bonds. The Bertz CT molecular complexity index is 438. The van der Waals surface area contributed by atoms with Gasteiger partial charge in [0.15, 0.2) is 0 Å². The van der Waals surface area contributed by atoms with Gasteiger partial charge in [0.2, 0.25) is 0 Å². The third kappa shape index (κ3) is 5.51. The summed E-state index contributed by atoms with van der Waals surface area (Å²) in [7, 11) is 1.40. The van der Waals surface area contributed by atoms with E-state index in [4.69, 9.17) is 9.47 Å². The number of carbonyl (C=O) groups excluding carboxylic acids is 1. The Hall–Kier alpha value is -1.71. The Morgan fingerprint density at radius 2 is 1.75 bits per heavy atom. The fourth-order valence-corrected chi connectivity index (χ4v) is 1.79. The van der Waals surface area contributed by atoms with E-state index in [9.17, 15) is 4.79 Å². The van der Waals surface area contributed by atoms with Crippen LogP contribution >= 0.6 is 0 Å². The van der Waals surface area contributed by atoms with Gasteiger partial charge in [-0.2, -0.15) is 0 Å². The average molecular weight is 280 g/mol. The van der Waals surface area contributed by atoms with Crippen LogP contribution in [0.15, 0.2) is 18.2 Å². The molecule has 0 aromatic heterocycles. The first-order valence-corrected chi connectivity index (χ1v) is 6.95. The van der Waals surface area contributed by atoms with Crippen LogP contribution in [-0.2, 0) is 16.0 Å². The van der Waals surface area contributed by atoms with Crippen molar-refractivity contribution in [3.8, 4) is 11.5 Å². The molecule has 1 rings (SSSR count). The quantitative estimate of drug-likeness (QED) is 0.718. The fourth-order valence-electron chi connectivity index (χ4n) is 1.79. The summed E-state index contributed by atoms with van der Waals surface area (Å²) in [4.78, 5) is 11.2. The SMILES string of the molecule is COC(=O)CCc1ccc(OC(C)C)cc1OC(C)C. The van der Waals surface area contributed by atoms with Crippen LogP contribution in [0.2, 0.25) is 0 Å². The number of aryl methyl sites for hydroxylation is 1. The van der Waals surface area contributed by atoms with Gasteiger partial charge in [-0.15, -0.1) is 0 Å². The van der Waals surface area contributed by atoms with Gasteiger partial charge in [-0.3, -0.25) is 4.79 Å². The van der Waals surface area contributed by atoms with E-state index in [0.29, 0.717) is 12.8 Å². The predicted octanol–water partition coefficient (Wildman–Crippen LogP) is 3.37. The van der Waals surface area contributed by atoms with Gasteiger partial charge in [0, 0.05) is 12.5 Å². The number of esters is 1. The van der Waals surface area contributed by atoms with Crippen molar-refractivity contribution in [1.29, 1.82) is 0 Å². The summed E-state index contributed by atoms with van der Waals surface area (Å²) in [6.07, 6.45) is 1.12. The molecule has 1 aromatic carbocycles. The molecule has 0 spiro atoms. The molecule has 112 valence electrons. The van der Waals surface area contributed by atoms with Crippen molar-refractivity contribution in [1.82, 2.24) is 0 Å². The lowest BCUT2D eigenvalue weighted by Gasteiger charge is -2.17. The van der Waals surface area contributed by atoms with Gasteiger partial charge < -0.3 is 14.2 Å². The van der Waals surface area contributed by atoms with E-state index < -0.39 is 0 Å². The summed E-state index contributed by atoms with van der Waals surface area (Å²) in [5, 5.41) is 0. The topological polar surface area (TPSA) is 44.8 Å². The molecule has 4 nitrogen and oxygen atoms in total. The highest BCUT2D eigenvalue weighted by Gasteiger charge is 2.11. The zero-order chi connectivity index (χ0) is 15.1. The maximum absolute atomic E-state index is 11.2. The number of hydrogen-bond acceptors (Lipinski definition) is 4. The van der Waals surface area contributed by atoms with Crippen molar-refractivity contribution in [3.63, 3.8) is 0 Å². The van der Waals surface area contributed by atoms with Crippen LogP contribution in [0.3, 0.4) is 0 Å². The van der Waals surface area contributed by atoms with Gasteiger partial charge in [-0.25, -0.2) is 0 Å². The van der Waals surface area contributed by atoms with Crippen LogP contribution in [0.1, 0.15) is 39.7 Å². The van der Waals surface area contributed by atoms with Crippen molar-refractivity contribution >= 4 is 5.97 Å². The predicted molar refractivity (Wildman–Crippen MR) is 78.3 cm³/mol. The van der Waals surface area contributed by atoms with E-state index >= 15 is 0 Å². The van der Waals surface area contributed by atoms with Crippen LogP contribution in [-0.4, -0.2) is 25.3 Å². The first-order valence-electron chi connectivity index (χ1n) is 6.95. The number of hydrogen-bond donors (Lipinski definition) is 0.